The van der Waals surface area contributed by atoms with Crippen molar-refractivity contribution in [1.29, 1.82) is 5.26 Å². The molecule has 6 aromatic rings. The molecule has 14 nitrogen and oxygen atoms in total. The van der Waals surface area contributed by atoms with Gasteiger partial charge in [0.2, 0.25) is 5.95 Å². The van der Waals surface area contributed by atoms with E-state index in [0.29, 0.717) is 46.1 Å². The van der Waals surface area contributed by atoms with Crippen molar-refractivity contribution in [3.8, 4) is 16.8 Å². The molecule has 3 aliphatic rings. The maximum absolute atomic E-state index is 13.2. The Labute approximate surface area is 369 Å². The molecule has 1 aliphatic carbocycles. The van der Waals surface area contributed by atoms with Gasteiger partial charge >= 0.3 is 0 Å². The molecular formula is C46H48ClN11O3S. The number of anilines is 2. The molecule has 1 N–H and O–H groups in total. The summed E-state index contributed by atoms with van der Waals surface area (Å²) < 4.78 is 13.9. The molecule has 2 fully saturated rings. The molecule has 0 bridgehead atoms. The number of hydrogen-bond acceptors (Lipinski definition) is 13. The summed E-state index contributed by atoms with van der Waals surface area (Å²) in [6, 6.07) is 15.8. The summed E-state index contributed by atoms with van der Waals surface area (Å²) in [5.41, 5.74) is 6.37. The molecule has 318 valence electrons. The van der Waals surface area contributed by atoms with Crippen LogP contribution in [0, 0.1) is 38.0 Å². The lowest BCUT2D eigenvalue weighted by molar-refractivity contribution is 0.0893. The van der Waals surface area contributed by atoms with Crippen LogP contribution in [0.2, 0.25) is 5.02 Å². The summed E-state index contributed by atoms with van der Waals surface area (Å²) in [5, 5.41) is 22.8. The smallest absolute Gasteiger partial charge is 0.254 e. The number of nitrogens with zero attached hydrogens (tertiary/aromatic N) is 10. The van der Waals surface area contributed by atoms with Crippen LogP contribution in [0.25, 0.3) is 5.00 Å². The second-order valence-electron chi connectivity index (χ2n) is 16.5. The number of carbonyl (C=O) groups is 1. The number of aryl methyl sites for hydroxylation is 2. The highest BCUT2D eigenvalue weighted by molar-refractivity contribution is 7.15. The number of amides is 1. The fraction of sp³-hybridized carbons (Fsp3) is 0.391. The van der Waals surface area contributed by atoms with Gasteiger partial charge < -0.3 is 24.3 Å². The zero-order chi connectivity index (χ0) is 42.9. The third-order valence-electron chi connectivity index (χ3n) is 12.3. The van der Waals surface area contributed by atoms with Crippen molar-refractivity contribution >= 4 is 46.2 Å². The van der Waals surface area contributed by atoms with Gasteiger partial charge in [0.15, 0.2) is 11.7 Å². The first kappa shape index (κ1) is 41.3. The first-order chi connectivity index (χ1) is 30.1. The minimum absolute atomic E-state index is 0.0269. The van der Waals surface area contributed by atoms with Gasteiger partial charge in [-0.15, -0.1) is 21.5 Å². The number of piperidine rings is 1. The number of benzene rings is 2. The second kappa shape index (κ2) is 17.7. The van der Waals surface area contributed by atoms with Crippen LogP contribution in [0.4, 0.5) is 11.6 Å². The number of aliphatic imine (C=N–C) groups is 1. The molecule has 2 unspecified atom stereocenters. The van der Waals surface area contributed by atoms with Gasteiger partial charge in [-0.2, -0.15) is 5.26 Å². The number of rotatable bonds is 11. The van der Waals surface area contributed by atoms with E-state index in [-0.39, 0.29) is 24.1 Å². The van der Waals surface area contributed by atoms with Crippen LogP contribution in [0.5, 0.6) is 5.75 Å². The van der Waals surface area contributed by atoms with Crippen LogP contribution in [-0.2, 0) is 6.42 Å². The highest BCUT2D eigenvalue weighted by Crippen LogP contribution is 2.40. The Morgan fingerprint density at radius 2 is 1.84 bits per heavy atom. The van der Waals surface area contributed by atoms with Crippen molar-refractivity contribution in [3.63, 3.8) is 0 Å². The number of aromatic nitrogens is 6. The minimum atomic E-state index is -0.318. The van der Waals surface area contributed by atoms with Gasteiger partial charge in [-0.05, 0) is 95.0 Å². The first-order valence-corrected chi connectivity index (χ1v) is 22.4. The Hall–Kier alpha value is -6.11. The summed E-state index contributed by atoms with van der Waals surface area (Å²) in [5.74, 6) is 3.72. The minimum Gasteiger partial charge on any atom is -0.490 e. The van der Waals surface area contributed by atoms with Gasteiger partial charge in [0.25, 0.3) is 5.91 Å². The molecule has 0 radical (unpaired) electrons. The highest BCUT2D eigenvalue weighted by atomic mass is 35.5. The third-order valence-corrected chi connectivity index (χ3v) is 13.8. The first-order valence-electron chi connectivity index (χ1n) is 21.2. The molecule has 1 saturated carbocycles. The lowest BCUT2D eigenvalue weighted by atomic mass is 9.92. The SMILES string of the molecule is Cc1sc2c(c1C)C(c1ccc(N3CCCC(CN(C)c4ncc(C(=O)NC5CCC(Oc6ccc(C#N)c(Cl)c6)CC5)cn4)C3)cc1)=NC(Cc1ncco1)c1nnc(C)n1-2. The van der Waals surface area contributed by atoms with Gasteiger partial charge in [-0.25, -0.2) is 15.0 Å². The summed E-state index contributed by atoms with van der Waals surface area (Å²) in [7, 11) is 2.02. The third kappa shape index (κ3) is 8.54. The molecular weight excluding hydrogens is 822 g/mol. The molecule has 2 atom stereocenters. The topological polar surface area (TPSA) is 163 Å². The fourth-order valence-electron chi connectivity index (χ4n) is 8.87. The number of oxazole rings is 1. The standard InChI is InChI=1S/C46H48ClN11O3S/c1-27-28(2)62-45-41(27)42(53-39(21-40-49-17-19-60-40)43-55-54-29(3)58(43)45)31-7-12-35(13-8-31)57-18-5-6-30(26-57)25-56(4)46-50-23-33(24-51-46)44(59)52-34-10-15-36(16-11-34)61-37-14-9-32(22-48)38(47)20-37/h7-9,12-14,17,19-20,23-24,30,34,36,39H,5-6,10-11,15-16,18,21,25-26H2,1-4H3,(H,52,59). The lowest BCUT2D eigenvalue weighted by Gasteiger charge is -2.36. The summed E-state index contributed by atoms with van der Waals surface area (Å²) in [6.07, 6.45) is 12.4. The van der Waals surface area contributed by atoms with Crippen LogP contribution in [0.1, 0.15) is 99.6 Å². The zero-order valence-electron chi connectivity index (χ0n) is 35.2. The maximum atomic E-state index is 13.2. The van der Waals surface area contributed by atoms with Gasteiger partial charge in [0.05, 0.1) is 40.6 Å². The van der Waals surface area contributed by atoms with E-state index in [9.17, 15) is 4.79 Å². The summed E-state index contributed by atoms with van der Waals surface area (Å²) in [4.78, 5) is 38.0. The van der Waals surface area contributed by atoms with Gasteiger partial charge in [-0.3, -0.25) is 14.4 Å². The quantitative estimate of drug-likeness (QED) is 0.134. The molecule has 16 heteroatoms. The number of thiophene rings is 1. The van der Waals surface area contributed by atoms with E-state index < -0.39 is 0 Å². The van der Waals surface area contributed by atoms with Crippen LogP contribution >= 0.6 is 22.9 Å². The normalized spacial score (nSPS) is 19.7. The van der Waals surface area contributed by atoms with Gasteiger partial charge in [-0.1, -0.05) is 23.7 Å². The highest BCUT2D eigenvalue weighted by Gasteiger charge is 2.33. The zero-order valence-corrected chi connectivity index (χ0v) is 36.8. The van der Waals surface area contributed by atoms with E-state index in [0.717, 1.165) is 91.6 Å². The molecule has 6 heterocycles. The number of nitriles is 1. The Balaban J connectivity index is 0.811. The fourth-order valence-corrected chi connectivity index (χ4v) is 10.3. The van der Waals surface area contributed by atoms with Gasteiger partial charge in [0, 0.05) is 72.9 Å². The van der Waals surface area contributed by atoms with E-state index in [4.69, 9.17) is 31.0 Å². The van der Waals surface area contributed by atoms with Crippen molar-refractivity contribution in [2.24, 2.45) is 10.9 Å². The van der Waals surface area contributed by atoms with E-state index in [1.165, 1.54) is 16.1 Å². The average Bonchev–Trinajstić information content (AvgIpc) is 4.00. The average molecular weight is 870 g/mol. The number of ether oxygens (including phenoxy) is 1. The number of carbonyl (C=O) groups excluding carboxylic acids is 1. The number of halogens is 1. The van der Waals surface area contributed by atoms with E-state index in [2.05, 4.69) is 89.0 Å². The maximum Gasteiger partial charge on any atom is 0.254 e. The lowest BCUT2D eigenvalue weighted by Crippen LogP contribution is -2.41. The molecule has 9 rings (SSSR count). The molecule has 4 aromatic heterocycles. The summed E-state index contributed by atoms with van der Waals surface area (Å²) >= 11 is 7.93. The molecule has 2 aliphatic heterocycles. The molecule has 2 aromatic carbocycles. The van der Waals surface area contributed by atoms with E-state index in [1.807, 2.05) is 14.0 Å². The van der Waals surface area contributed by atoms with Gasteiger partial charge in [0.1, 0.15) is 34.9 Å². The van der Waals surface area contributed by atoms with Crippen LogP contribution in [0.3, 0.4) is 0 Å². The Bertz CT molecular complexity index is 2630. The second-order valence-corrected chi connectivity index (χ2v) is 18.1. The molecule has 1 saturated heterocycles. The Morgan fingerprint density at radius 1 is 1.05 bits per heavy atom. The van der Waals surface area contributed by atoms with Crippen molar-refractivity contribution in [3.05, 3.63) is 123 Å². The van der Waals surface area contributed by atoms with Crippen LogP contribution in [0.15, 0.2) is 76.7 Å². The van der Waals surface area contributed by atoms with Crippen molar-refractivity contribution in [1.82, 2.24) is 35.0 Å². The Morgan fingerprint density at radius 3 is 2.56 bits per heavy atom. The Kier molecular flexibility index (Phi) is 11.8. The summed E-state index contributed by atoms with van der Waals surface area (Å²) in [6.45, 7) is 9.02. The van der Waals surface area contributed by atoms with Crippen LogP contribution < -0.4 is 19.9 Å². The van der Waals surface area contributed by atoms with Crippen molar-refractivity contribution in [2.75, 3.05) is 36.5 Å². The van der Waals surface area contributed by atoms with Crippen molar-refractivity contribution in [2.45, 2.75) is 83.9 Å². The van der Waals surface area contributed by atoms with E-state index in [1.54, 1.807) is 54.4 Å². The van der Waals surface area contributed by atoms with Crippen LogP contribution in [-0.4, -0.2) is 80.2 Å². The molecule has 1 amide bonds. The van der Waals surface area contributed by atoms with Crippen molar-refractivity contribution < 1.29 is 13.9 Å². The molecule has 62 heavy (non-hydrogen) atoms. The number of fused-ring (bicyclic) bond motifs is 3. The predicted octanol–water partition coefficient (Wildman–Crippen LogP) is 8.16. The monoisotopic (exact) mass is 869 g/mol. The molecule has 0 spiro atoms. The predicted molar refractivity (Wildman–Crippen MR) is 239 cm³/mol. The largest absolute Gasteiger partial charge is 0.490 e. The van der Waals surface area contributed by atoms with E-state index >= 15 is 0 Å². The number of nitrogens with one attached hydrogen (secondary N) is 1. The number of hydrogen-bond donors (Lipinski definition) is 1.